The largest absolute Gasteiger partial charge is 0.494 e. The third-order valence-electron chi connectivity index (χ3n) is 4.85. The van der Waals surface area contributed by atoms with Gasteiger partial charge in [0.1, 0.15) is 23.7 Å². The van der Waals surface area contributed by atoms with E-state index in [0.717, 1.165) is 10.9 Å². The van der Waals surface area contributed by atoms with Crippen molar-refractivity contribution in [3.05, 3.63) is 99.8 Å². The average Bonchev–Trinajstić information content (AvgIpc) is 3.27. The second-order valence-electron chi connectivity index (χ2n) is 7.19. The van der Waals surface area contributed by atoms with E-state index in [2.05, 4.69) is 10.5 Å². The Bertz CT molecular complexity index is 1340. The van der Waals surface area contributed by atoms with E-state index in [4.69, 9.17) is 13.9 Å². The number of furan rings is 1. The van der Waals surface area contributed by atoms with E-state index in [-0.39, 0.29) is 18.1 Å². The lowest BCUT2D eigenvalue weighted by atomic mass is 10.2. The second-order valence-corrected chi connectivity index (χ2v) is 7.19. The van der Waals surface area contributed by atoms with Gasteiger partial charge in [-0.3, -0.25) is 14.9 Å². The summed E-state index contributed by atoms with van der Waals surface area (Å²) in [6, 6.07) is 20.3. The number of amides is 1. The molecule has 0 aliphatic carbocycles. The van der Waals surface area contributed by atoms with Crippen LogP contribution in [0.5, 0.6) is 11.5 Å². The number of carbonyl (C=O) groups excluding carboxylic acids is 1. The van der Waals surface area contributed by atoms with Crippen molar-refractivity contribution in [2.45, 2.75) is 13.5 Å². The summed E-state index contributed by atoms with van der Waals surface area (Å²) in [6.07, 6.45) is 1.47. The van der Waals surface area contributed by atoms with E-state index in [0.29, 0.717) is 29.3 Å². The van der Waals surface area contributed by atoms with Gasteiger partial charge >= 0.3 is 5.91 Å². The van der Waals surface area contributed by atoms with Crippen molar-refractivity contribution in [2.24, 2.45) is 5.10 Å². The number of nitro groups is 1. The Kier molecular flexibility index (Phi) is 6.83. The first-order valence-corrected chi connectivity index (χ1v) is 10.5. The molecule has 0 saturated heterocycles. The first kappa shape index (κ1) is 22.5. The molecule has 4 aromatic rings. The Labute approximate surface area is 194 Å². The highest BCUT2D eigenvalue weighted by molar-refractivity contribution is 5.97. The van der Waals surface area contributed by atoms with Crippen LogP contribution >= 0.6 is 0 Å². The normalized spacial score (nSPS) is 11.0. The summed E-state index contributed by atoms with van der Waals surface area (Å²) in [4.78, 5) is 22.8. The minimum atomic E-state index is -0.491. The topological polar surface area (TPSA) is 116 Å². The number of non-ortho nitro benzene ring substituents is 1. The molecular formula is C25H21N3O6. The molecule has 0 aliphatic heterocycles. The van der Waals surface area contributed by atoms with E-state index < -0.39 is 10.8 Å². The predicted octanol–water partition coefficient (Wildman–Crippen LogP) is 5.08. The molecule has 34 heavy (non-hydrogen) atoms. The van der Waals surface area contributed by atoms with E-state index in [1.54, 1.807) is 48.5 Å². The minimum Gasteiger partial charge on any atom is -0.494 e. The van der Waals surface area contributed by atoms with E-state index >= 15 is 0 Å². The molecule has 0 aliphatic rings. The second kappa shape index (κ2) is 10.3. The SMILES string of the molecule is CCOc1ccc2oc(C(=O)N/N=C/c3ccccc3OCc3ccc([N+](=O)[O-])cc3)cc2c1. The van der Waals surface area contributed by atoms with Crippen molar-refractivity contribution in [3.8, 4) is 11.5 Å². The molecular weight excluding hydrogens is 438 g/mol. The molecule has 3 aromatic carbocycles. The maximum atomic E-state index is 12.5. The van der Waals surface area contributed by atoms with Crippen LogP contribution in [-0.2, 0) is 6.61 Å². The number of benzene rings is 3. The van der Waals surface area contributed by atoms with Gasteiger partial charge in [0.05, 0.1) is 17.7 Å². The molecule has 1 amide bonds. The zero-order chi connectivity index (χ0) is 23.9. The van der Waals surface area contributed by atoms with Crippen molar-refractivity contribution in [2.75, 3.05) is 6.61 Å². The number of ether oxygens (including phenoxy) is 2. The lowest BCUT2D eigenvalue weighted by molar-refractivity contribution is -0.384. The van der Waals surface area contributed by atoms with Gasteiger partial charge in [-0.25, -0.2) is 5.43 Å². The fourth-order valence-electron chi connectivity index (χ4n) is 3.20. The number of fused-ring (bicyclic) bond motifs is 1. The highest BCUT2D eigenvalue weighted by Gasteiger charge is 2.12. The van der Waals surface area contributed by atoms with Crippen molar-refractivity contribution < 1.29 is 23.6 Å². The lowest BCUT2D eigenvalue weighted by Gasteiger charge is -2.09. The zero-order valence-corrected chi connectivity index (χ0v) is 18.3. The van der Waals surface area contributed by atoms with E-state index in [1.807, 2.05) is 19.1 Å². The van der Waals surface area contributed by atoms with E-state index in [1.165, 1.54) is 18.3 Å². The van der Waals surface area contributed by atoms with Gasteiger partial charge in [-0.15, -0.1) is 0 Å². The molecule has 1 aromatic heterocycles. The Balaban J connectivity index is 1.39. The fourth-order valence-corrected chi connectivity index (χ4v) is 3.20. The summed E-state index contributed by atoms with van der Waals surface area (Å²) in [6.45, 7) is 2.66. The van der Waals surface area contributed by atoms with Gasteiger partial charge in [-0.1, -0.05) is 12.1 Å². The highest BCUT2D eigenvalue weighted by atomic mass is 16.6. The van der Waals surface area contributed by atoms with E-state index in [9.17, 15) is 14.9 Å². The van der Waals surface area contributed by atoms with Gasteiger partial charge in [0, 0.05) is 23.1 Å². The van der Waals surface area contributed by atoms with Crippen molar-refractivity contribution in [1.29, 1.82) is 0 Å². The fraction of sp³-hybridized carbons (Fsp3) is 0.120. The van der Waals surface area contributed by atoms with Gasteiger partial charge in [0.15, 0.2) is 5.76 Å². The summed E-state index contributed by atoms with van der Waals surface area (Å²) in [5, 5.41) is 15.5. The van der Waals surface area contributed by atoms with Gasteiger partial charge < -0.3 is 13.9 Å². The molecule has 0 unspecified atom stereocenters. The Morgan fingerprint density at radius 2 is 1.88 bits per heavy atom. The molecule has 4 rings (SSSR count). The minimum absolute atomic E-state index is 0.0196. The van der Waals surface area contributed by atoms with Crippen LogP contribution in [0.2, 0.25) is 0 Å². The molecule has 0 atom stereocenters. The average molecular weight is 459 g/mol. The summed E-state index contributed by atoms with van der Waals surface area (Å²) >= 11 is 0. The molecule has 172 valence electrons. The number of rotatable bonds is 9. The number of hydrazone groups is 1. The van der Waals surface area contributed by atoms with Gasteiger partial charge in [-0.2, -0.15) is 5.10 Å². The molecule has 1 heterocycles. The summed E-state index contributed by atoms with van der Waals surface area (Å²) in [7, 11) is 0. The van der Waals surface area contributed by atoms with Crippen molar-refractivity contribution in [3.63, 3.8) is 0 Å². The summed E-state index contributed by atoms with van der Waals surface area (Å²) in [5.41, 5.74) is 4.47. The molecule has 0 fully saturated rings. The van der Waals surface area contributed by atoms with Gasteiger partial charge in [0.2, 0.25) is 0 Å². The zero-order valence-electron chi connectivity index (χ0n) is 18.3. The quantitative estimate of drug-likeness (QED) is 0.212. The smallest absolute Gasteiger partial charge is 0.307 e. The molecule has 0 radical (unpaired) electrons. The number of nitrogens with one attached hydrogen (secondary N) is 1. The number of hydrogen-bond donors (Lipinski definition) is 1. The highest BCUT2D eigenvalue weighted by Crippen LogP contribution is 2.24. The lowest BCUT2D eigenvalue weighted by Crippen LogP contribution is -2.16. The van der Waals surface area contributed by atoms with Gasteiger partial charge in [-0.05, 0) is 61.0 Å². The molecule has 9 heteroatoms. The van der Waals surface area contributed by atoms with Crippen LogP contribution in [-0.4, -0.2) is 23.7 Å². The van der Waals surface area contributed by atoms with Crippen LogP contribution in [0.4, 0.5) is 5.69 Å². The van der Waals surface area contributed by atoms with Crippen LogP contribution in [0.1, 0.15) is 28.6 Å². The number of nitrogens with zero attached hydrogens (tertiary/aromatic N) is 2. The van der Waals surface area contributed by atoms with Crippen LogP contribution in [0.3, 0.4) is 0 Å². The van der Waals surface area contributed by atoms with Crippen LogP contribution in [0.25, 0.3) is 11.0 Å². The Morgan fingerprint density at radius 3 is 2.65 bits per heavy atom. The molecule has 0 bridgehead atoms. The maximum Gasteiger partial charge on any atom is 0.307 e. The maximum absolute atomic E-state index is 12.5. The first-order valence-electron chi connectivity index (χ1n) is 10.5. The number of hydrogen-bond acceptors (Lipinski definition) is 7. The Morgan fingerprint density at radius 1 is 1.09 bits per heavy atom. The number of carbonyl (C=O) groups is 1. The van der Waals surface area contributed by atoms with Gasteiger partial charge in [0.25, 0.3) is 5.69 Å². The summed E-state index contributed by atoms with van der Waals surface area (Å²) < 4.78 is 16.9. The third-order valence-corrected chi connectivity index (χ3v) is 4.85. The van der Waals surface area contributed by atoms with Crippen molar-refractivity contribution >= 4 is 28.8 Å². The monoisotopic (exact) mass is 459 g/mol. The standard InChI is InChI=1S/C25H21N3O6/c1-2-32-21-11-12-23-19(13-21)14-24(34-23)25(29)27-26-15-18-5-3-4-6-22(18)33-16-17-7-9-20(10-8-17)28(30)31/h3-15H,2,16H2,1H3,(H,27,29)/b26-15+. The van der Waals surface area contributed by atoms with Crippen molar-refractivity contribution in [1.82, 2.24) is 5.43 Å². The predicted molar refractivity (Wildman–Crippen MR) is 126 cm³/mol. The number of para-hydroxylation sites is 1. The van der Waals surface area contributed by atoms with Crippen LogP contribution in [0.15, 0.2) is 82.3 Å². The molecule has 1 N–H and O–H groups in total. The number of nitro benzene ring substituents is 1. The van der Waals surface area contributed by atoms with Crippen LogP contribution < -0.4 is 14.9 Å². The third kappa shape index (κ3) is 5.39. The summed E-state index contributed by atoms with van der Waals surface area (Å²) in [5.74, 6) is 0.885. The first-order chi connectivity index (χ1) is 16.5. The molecule has 9 nitrogen and oxygen atoms in total. The van der Waals surface area contributed by atoms with Crippen LogP contribution in [0, 0.1) is 10.1 Å². The Hall–Kier alpha value is -4.66. The molecule has 0 spiro atoms. The molecule has 0 saturated carbocycles.